The number of pyridine rings is 1. The molecule has 0 aliphatic carbocycles. The average molecular weight is 317 g/mol. The summed E-state index contributed by atoms with van der Waals surface area (Å²) in [5.74, 6) is 0.357. The number of amides is 1. The van der Waals surface area contributed by atoms with Gasteiger partial charge in [0.15, 0.2) is 0 Å². The van der Waals surface area contributed by atoms with Crippen molar-refractivity contribution in [2.45, 2.75) is 6.92 Å². The van der Waals surface area contributed by atoms with E-state index in [9.17, 15) is 4.79 Å². The smallest absolute Gasteiger partial charge is 0.249 e. The molecule has 0 fully saturated rings. The van der Waals surface area contributed by atoms with Gasteiger partial charge in [0.25, 0.3) is 0 Å². The number of nitrogens with zero attached hydrogens (tertiary/aromatic N) is 1. The molecule has 96 valence electrons. The van der Waals surface area contributed by atoms with E-state index in [2.05, 4.69) is 26.2 Å². The number of nitrogens with one attached hydrogen (secondary N) is 1. The standard InChI is InChI=1S/C15H13BrN2O/c1-11-8-9-17-14(10-11)18-15(19)7-6-12-4-2-3-5-13(12)16/h2-10H,1H3,(H,17,18,19)/b7-6+. The molecule has 1 aromatic carbocycles. The van der Waals surface area contributed by atoms with E-state index in [0.717, 1.165) is 15.6 Å². The minimum absolute atomic E-state index is 0.200. The summed E-state index contributed by atoms with van der Waals surface area (Å²) >= 11 is 3.43. The molecule has 1 N–H and O–H groups in total. The zero-order valence-electron chi connectivity index (χ0n) is 10.4. The van der Waals surface area contributed by atoms with Crippen LogP contribution in [0.1, 0.15) is 11.1 Å². The van der Waals surface area contributed by atoms with Gasteiger partial charge >= 0.3 is 0 Å². The second-order valence-corrected chi connectivity index (χ2v) is 4.92. The summed E-state index contributed by atoms with van der Waals surface area (Å²) in [5.41, 5.74) is 2.01. The first-order valence-corrected chi connectivity index (χ1v) is 6.61. The number of carbonyl (C=O) groups is 1. The van der Waals surface area contributed by atoms with E-state index >= 15 is 0 Å². The predicted octanol–water partition coefficient (Wildman–Crippen LogP) is 3.80. The van der Waals surface area contributed by atoms with Crippen molar-refractivity contribution in [2.24, 2.45) is 0 Å². The molecule has 3 nitrogen and oxygen atoms in total. The lowest BCUT2D eigenvalue weighted by atomic mass is 10.2. The van der Waals surface area contributed by atoms with Gasteiger partial charge in [0, 0.05) is 16.7 Å². The fourth-order valence-electron chi connectivity index (χ4n) is 1.55. The zero-order chi connectivity index (χ0) is 13.7. The van der Waals surface area contributed by atoms with Crippen LogP contribution in [0.5, 0.6) is 0 Å². The highest BCUT2D eigenvalue weighted by molar-refractivity contribution is 9.10. The van der Waals surface area contributed by atoms with Gasteiger partial charge in [0.05, 0.1) is 0 Å². The van der Waals surface area contributed by atoms with Crippen molar-refractivity contribution in [3.8, 4) is 0 Å². The van der Waals surface area contributed by atoms with Gasteiger partial charge in [-0.15, -0.1) is 0 Å². The first-order valence-electron chi connectivity index (χ1n) is 5.81. The molecule has 1 heterocycles. The van der Waals surface area contributed by atoms with Crippen molar-refractivity contribution < 1.29 is 4.79 Å². The minimum atomic E-state index is -0.200. The third-order valence-corrected chi connectivity index (χ3v) is 3.21. The summed E-state index contributed by atoms with van der Waals surface area (Å²) in [4.78, 5) is 15.8. The van der Waals surface area contributed by atoms with Crippen LogP contribution in [-0.2, 0) is 4.79 Å². The summed E-state index contributed by atoms with van der Waals surface area (Å²) in [7, 11) is 0. The van der Waals surface area contributed by atoms with E-state index in [-0.39, 0.29) is 5.91 Å². The first kappa shape index (κ1) is 13.5. The van der Waals surface area contributed by atoms with Gasteiger partial charge in [-0.1, -0.05) is 34.1 Å². The van der Waals surface area contributed by atoms with E-state index in [4.69, 9.17) is 0 Å². The summed E-state index contributed by atoms with van der Waals surface area (Å²) < 4.78 is 0.952. The summed E-state index contributed by atoms with van der Waals surface area (Å²) in [6.07, 6.45) is 4.92. The second-order valence-electron chi connectivity index (χ2n) is 4.06. The Kier molecular flexibility index (Phi) is 4.47. The minimum Gasteiger partial charge on any atom is -0.307 e. The van der Waals surface area contributed by atoms with Crippen LogP contribution in [0, 0.1) is 6.92 Å². The van der Waals surface area contributed by atoms with Crippen LogP contribution < -0.4 is 5.32 Å². The maximum Gasteiger partial charge on any atom is 0.249 e. The predicted molar refractivity (Wildman–Crippen MR) is 80.8 cm³/mol. The number of hydrogen-bond donors (Lipinski definition) is 1. The molecule has 2 rings (SSSR count). The number of halogens is 1. The van der Waals surface area contributed by atoms with Gasteiger partial charge in [0.1, 0.15) is 5.82 Å². The largest absolute Gasteiger partial charge is 0.307 e. The topological polar surface area (TPSA) is 42.0 Å². The van der Waals surface area contributed by atoms with Crippen LogP contribution in [0.3, 0.4) is 0 Å². The molecule has 0 atom stereocenters. The van der Waals surface area contributed by atoms with Crippen LogP contribution in [0.2, 0.25) is 0 Å². The fraction of sp³-hybridized carbons (Fsp3) is 0.0667. The number of hydrogen-bond acceptors (Lipinski definition) is 2. The van der Waals surface area contributed by atoms with Gasteiger partial charge in [-0.2, -0.15) is 0 Å². The van der Waals surface area contributed by atoms with E-state index in [0.29, 0.717) is 5.82 Å². The van der Waals surface area contributed by atoms with E-state index < -0.39 is 0 Å². The molecular formula is C15H13BrN2O. The number of benzene rings is 1. The molecule has 0 saturated carbocycles. The van der Waals surface area contributed by atoms with Crippen molar-refractivity contribution in [1.29, 1.82) is 0 Å². The Morgan fingerprint density at radius 2 is 2.11 bits per heavy atom. The highest BCUT2D eigenvalue weighted by Crippen LogP contribution is 2.17. The first-order chi connectivity index (χ1) is 9.15. The molecule has 19 heavy (non-hydrogen) atoms. The lowest BCUT2D eigenvalue weighted by molar-refractivity contribution is -0.111. The maximum absolute atomic E-state index is 11.8. The SMILES string of the molecule is Cc1ccnc(NC(=O)/C=C/c2ccccc2Br)c1. The van der Waals surface area contributed by atoms with Gasteiger partial charge in [0.2, 0.25) is 5.91 Å². The zero-order valence-corrected chi connectivity index (χ0v) is 12.0. The van der Waals surface area contributed by atoms with E-state index in [1.54, 1.807) is 12.3 Å². The Morgan fingerprint density at radius 3 is 2.84 bits per heavy atom. The molecule has 2 aromatic rings. The van der Waals surface area contributed by atoms with Crippen molar-refractivity contribution in [3.05, 3.63) is 64.3 Å². The highest BCUT2D eigenvalue weighted by Gasteiger charge is 2.00. The molecule has 0 spiro atoms. The number of aryl methyl sites for hydroxylation is 1. The summed E-state index contributed by atoms with van der Waals surface area (Å²) in [6.45, 7) is 1.95. The third kappa shape index (κ3) is 4.03. The molecule has 4 heteroatoms. The molecular weight excluding hydrogens is 304 g/mol. The van der Waals surface area contributed by atoms with Gasteiger partial charge in [-0.25, -0.2) is 4.98 Å². The van der Waals surface area contributed by atoms with Gasteiger partial charge in [-0.3, -0.25) is 4.79 Å². The van der Waals surface area contributed by atoms with Crippen LogP contribution >= 0.6 is 15.9 Å². The fourth-order valence-corrected chi connectivity index (χ4v) is 1.97. The monoisotopic (exact) mass is 316 g/mol. The Labute approximate surface area is 120 Å². The van der Waals surface area contributed by atoms with Gasteiger partial charge in [-0.05, 0) is 42.3 Å². The molecule has 0 unspecified atom stereocenters. The lowest BCUT2D eigenvalue weighted by Gasteiger charge is -2.02. The molecule has 0 bridgehead atoms. The molecule has 0 aliphatic heterocycles. The normalized spacial score (nSPS) is 10.6. The second kappa shape index (κ2) is 6.29. The summed E-state index contributed by atoms with van der Waals surface area (Å²) in [6, 6.07) is 11.4. The van der Waals surface area contributed by atoms with E-state index in [1.165, 1.54) is 6.08 Å². The Bertz CT molecular complexity index is 623. The molecule has 0 aliphatic rings. The van der Waals surface area contributed by atoms with Crippen LogP contribution in [-0.4, -0.2) is 10.9 Å². The van der Waals surface area contributed by atoms with Crippen LogP contribution in [0.15, 0.2) is 53.1 Å². The van der Waals surface area contributed by atoms with Crippen molar-refractivity contribution in [3.63, 3.8) is 0 Å². The molecule has 1 aromatic heterocycles. The lowest BCUT2D eigenvalue weighted by Crippen LogP contribution is -2.09. The van der Waals surface area contributed by atoms with Crippen molar-refractivity contribution in [2.75, 3.05) is 5.32 Å². The Balaban J connectivity index is 2.04. The highest BCUT2D eigenvalue weighted by atomic mass is 79.9. The van der Waals surface area contributed by atoms with Crippen molar-refractivity contribution in [1.82, 2.24) is 4.98 Å². The summed E-state index contributed by atoms with van der Waals surface area (Å²) in [5, 5.41) is 2.72. The third-order valence-electron chi connectivity index (χ3n) is 2.49. The van der Waals surface area contributed by atoms with Crippen LogP contribution in [0.4, 0.5) is 5.82 Å². The maximum atomic E-state index is 11.8. The quantitative estimate of drug-likeness (QED) is 0.875. The van der Waals surface area contributed by atoms with Gasteiger partial charge < -0.3 is 5.32 Å². The van der Waals surface area contributed by atoms with E-state index in [1.807, 2.05) is 43.3 Å². The molecule has 1 amide bonds. The number of rotatable bonds is 3. The Morgan fingerprint density at radius 1 is 1.32 bits per heavy atom. The number of aromatic nitrogens is 1. The Hall–Kier alpha value is -1.94. The molecule has 0 radical (unpaired) electrons. The van der Waals surface area contributed by atoms with Crippen molar-refractivity contribution >= 4 is 33.7 Å². The van der Waals surface area contributed by atoms with Crippen LogP contribution in [0.25, 0.3) is 6.08 Å². The molecule has 0 saturated heterocycles. The number of carbonyl (C=O) groups excluding carboxylic acids is 1. The average Bonchev–Trinajstić information content (AvgIpc) is 2.38. The number of anilines is 1.